The van der Waals surface area contributed by atoms with Crippen molar-refractivity contribution >= 4 is 27.5 Å². The molecule has 12 heteroatoms. The van der Waals surface area contributed by atoms with Gasteiger partial charge in [-0.15, -0.1) is 0 Å². The maximum absolute atomic E-state index is 15.1. The number of rotatable bonds is 8. The van der Waals surface area contributed by atoms with Gasteiger partial charge in [-0.05, 0) is 82.7 Å². The smallest absolute Gasteiger partial charge is 0.270 e. The number of nitriles is 1. The van der Waals surface area contributed by atoms with Gasteiger partial charge >= 0.3 is 0 Å². The topological polar surface area (TPSA) is 127 Å². The lowest BCUT2D eigenvalue weighted by atomic mass is 9.70. The Morgan fingerprint density at radius 2 is 1.72 bits per heavy atom. The van der Waals surface area contributed by atoms with Crippen molar-refractivity contribution in [3.05, 3.63) is 83.0 Å². The van der Waals surface area contributed by atoms with Crippen LogP contribution in [0, 0.1) is 18.3 Å². The van der Waals surface area contributed by atoms with Crippen LogP contribution in [0.5, 0.6) is 5.88 Å². The number of carbonyl (C=O) groups is 2. The lowest BCUT2D eigenvalue weighted by molar-refractivity contribution is -0.137. The molecule has 0 saturated carbocycles. The molecular weight excluding hydrogens is 616 g/mol. The van der Waals surface area contributed by atoms with E-state index in [-0.39, 0.29) is 46.5 Å². The van der Waals surface area contributed by atoms with Gasteiger partial charge in [-0.25, -0.2) is 17.7 Å². The second-order valence-corrected chi connectivity index (χ2v) is 14.2. The molecule has 47 heavy (non-hydrogen) atoms. The molecule has 0 bridgehead atoms. The van der Waals surface area contributed by atoms with Crippen LogP contribution < -0.4 is 9.04 Å². The fraction of sp³-hybridized carbons (Fsp3) is 0.429. The third-order valence-corrected chi connectivity index (χ3v) is 11.6. The number of piperazine rings is 1. The maximum atomic E-state index is 15.1. The predicted molar refractivity (Wildman–Crippen MR) is 176 cm³/mol. The molecule has 0 N–H and O–H groups in total. The van der Waals surface area contributed by atoms with Gasteiger partial charge in [0.1, 0.15) is 5.41 Å². The highest BCUT2D eigenvalue weighted by molar-refractivity contribution is 7.93. The summed E-state index contributed by atoms with van der Waals surface area (Å²) in [7, 11) is -2.28. The van der Waals surface area contributed by atoms with Gasteiger partial charge in [0.2, 0.25) is 11.8 Å². The molecule has 0 aliphatic carbocycles. The molecule has 2 fully saturated rings. The summed E-state index contributed by atoms with van der Waals surface area (Å²) in [5.74, 6) is -0.948. The number of sulfonamides is 1. The van der Waals surface area contributed by atoms with Crippen molar-refractivity contribution in [2.24, 2.45) is 0 Å². The van der Waals surface area contributed by atoms with E-state index < -0.39 is 21.3 Å². The van der Waals surface area contributed by atoms with Gasteiger partial charge in [0.05, 0.1) is 28.8 Å². The Balaban J connectivity index is 1.46. The van der Waals surface area contributed by atoms with E-state index in [1.54, 1.807) is 49.1 Å². The van der Waals surface area contributed by atoms with Gasteiger partial charge in [-0.2, -0.15) is 5.26 Å². The summed E-state index contributed by atoms with van der Waals surface area (Å²) < 4.78 is 35.3. The summed E-state index contributed by atoms with van der Waals surface area (Å²) in [4.78, 5) is 40.5. The van der Waals surface area contributed by atoms with E-state index in [1.165, 1.54) is 30.5 Å². The number of aromatic nitrogens is 1. The number of fused-ring (bicyclic) bond motifs is 1. The molecular formula is C35H40N6O5S. The van der Waals surface area contributed by atoms with Gasteiger partial charge in [0.25, 0.3) is 15.9 Å². The molecule has 2 saturated heterocycles. The number of hydrogen-bond acceptors (Lipinski definition) is 9. The third-order valence-electron chi connectivity index (χ3n) is 9.84. The van der Waals surface area contributed by atoms with Crippen molar-refractivity contribution in [1.29, 1.82) is 5.26 Å². The van der Waals surface area contributed by atoms with E-state index in [9.17, 15) is 18.5 Å². The average Bonchev–Trinajstić information content (AvgIpc) is 3.35. The average molecular weight is 657 g/mol. The molecule has 1 aromatic heterocycles. The van der Waals surface area contributed by atoms with Crippen molar-refractivity contribution in [3.8, 4) is 11.9 Å². The van der Waals surface area contributed by atoms with Crippen LogP contribution in [-0.2, 0) is 25.0 Å². The summed E-state index contributed by atoms with van der Waals surface area (Å²) in [6.45, 7) is 8.25. The van der Waals surface area contributed by atoms with Crippen molar-refractivity contribution in [2.45, 2.75) is 49.5 Å². The first kappa shape index (κ1) is 32.6. The monoisotopic (exact) mass is 656 g/mol. The molecule has 2 amide bonds. The molecule has 3 aliphatic heterocycles. The minimum Gasteiger partial charge on any atom is -0.478 e. The number of hydrogen-bond donors (Lipinski definition) is 0. The number of anilines is 1. The van der Waals surface area contributed by atoms with Crippen LogP contribution in [0.4, 0.5) is 5.69 Å². The molecule has 11 nitrogen and oxygen atoms in total. The first-order valence-corrected chi connectivity index (χ1v) is 17.5. The Hall–Kier alpha value is -4.31. The largest absolute Gasteiger partial charge is 0.478 e. The predicted octanol–water partition coefficient (Wildman–Crippen LogP) is 3.31. The van der Waals surface area contributed by atoms with E-state index in [1.807, 2.05) is 0 Å². The second-order valence-electron chi connectivity index (χ2n) is 12.5. The molecule has 3 aromatic rings. The van der Waals surface area contributed by atoms with Crippen molar-refractivity contribution in [3.63, 3.8) is 0 Å². The number of nitrogens with zero attached hydrogens (tertiary/aromatic N) is 6. The zero-order valence-electron chi connectivity index (χ0n) is 27.1. The molecule has 0 spiro atoms. The quantitative estimate of drug-likeness (QED) is 0.359. The number of amides is 2. The Labute approximate surface area is 276 Å². The van der Waals surface area contributed by atoms with Crippen LogP contribution in [0.3, 0.4) is 0 Å². The fourth-order valence-electron chi connectivity index (χ4n) is 7.36. The number of carbonyl (C=O) groups excluding carboxylic acids is 2. The van der Waals surface area contributed by atoms with E-state index in [0.717, 1.165) is 43.3 Å². The van der Waals surface area contributed by atoms with Gasteiger partial charge in [-0.1, -0.05) is 24.3 Å². The van der Waals surface area contributed by atoms with Gasteiger partial charge in [0.15, 0.2) is 0 Å². The lowest BCUT2D eigenvalue weighted by Gasteiger charge is -2.42. The molecule has 1 atom stereocenters. The van der Waals surface area contributed by atoms with Crippen LogP contribution in [0.2, 0.25) is 0 Å². The van der Waals surface area contributed by atoms with Crippen LogP contribution >= 0.6 is 0 Å². The van der Waals surface area contributed by atoms with E-state index in [0.29, 0.717) is 30.3 Å². The zero-order chi connectivity index (χ0) is 33.3. The first-order chi connectivity index (χ1) is 22.6. The number of likely N-dealkylation sites (tertiary alicyclic amines) is 1. The number of piperidine rings is 1. The summed E-state index contributed by atoms with van der Waals surface area (Å²) >= 11 is 0. The Morgan fingerprint density at radius 1 is 1.02 bits per heavy atom. The van der Waals surface area contributed by atoms with E-state index >= 15 is 4.79 Å². The summed E-state index contributed by atoms with van der Waals surface area (Å²) in [6.07, 6.45) is 3.36. The number of pyridine rings is 1. The molecule has 3 aliphatic rings. The molecule has 6 rings (SSSR count). The molecule has 0 radical (unpaired) electrons. The zero-order valence-corrected chi connectivity index (χ0v) is 27.9. The van der Waals surface area contributed by atoms with Crippen molar-refractivity contribution in [2.75, 3.05) is 57.2 Å². The highest BCUT2D eigenvalue weighted by atomic mass is 32.2. The Morgan fingerprint density at radius 3 is 2.38 bits per heavy atom. The van der Waals surface area contributed by atoms with E-state index in [2.05, 4.69) is 27.9 Å². The summed E-state index contributed by atoms with van der Waals surface area (Å²) in [5.41, 5.74) is -0.420. The highest BCUT2D eigenvalue weighted by Crippen LogP contribution is 2.54. The maximum Gasteiger partial charge on any atom is 0.270 e. The van der Waals surface area contributed by atoms with Crippen molar-refractivity contribution < 1.29 is 22.7 Å². The van der Waals surface area contributed by atoms with E-state index in [4.69, 9.17) is 4.74 Å². The minimum atomic E-state index is -4.42. The molecule has 2 aromatic carbocycles. The molecule has 1 unspecified atom stereocenters. The number of ether oxygens (including phenoxy) is 1. The van der Waals surface area contributed by atoms with Gasteiger partial charge in [-0.3, -0.25) is 14.5 Å². The van der Waals surface area contributed by atoms with Crippen LogP contribution in [0.15, 0.2) is 65.7 Å². The lowest BCUT2D eigenvalue weighted by Crippen LogP contribution is -2.55. The highest BCUT2D eigenvalue weighted by Gasteiger charge is 2.59. The van der Waals surface area contributed by atoms with Crippen LogP contribution in [-0.4, -0.2) is 98.9 Å². The van der Waals surface area contributed by atoms with Crippen LogP contribution in [0.25, 0.3) is 0 Å². The van der Waals surface area contributed by atoms with Crippen LogP contribution in [0.1, 0.15) is 48.4 Å². The van der Waals surface area contributed by atoms with Gasteiger partial charge in [0, 0.05) is 56.0 Å². The Bertz CT molecular complexity index is 1810. The third kappa shape index (κ3) is 5.66. The summed E-state index contributed by atoms with van der Waals surface area (Å²) in [5, 5.41) is 10.0. The SMILES string of the molecule is CCOc1ncccc1C1(CC(=O)N2CCN(C3CCN(C)CC3)CC2)C(=O)N(S(=O)(=O)c2ccccc2)c2ccc(C#N)c(C)c21. The fourth-order valence-corrected chi connectivity index (χ4v) is 8.86. The number of benzene rings is 2. The molecule has 4 heterocycles. The van der Waals surface area contributed by atoms with Crippen molar-refractivity contribution in [1.82, 2.24) is 19.7 Å². The molecule has 246 valence electrons. The van der Waals surface area contributed by atoms with Gasteiger partial charge < -0.3 is 14.5 Å². The Kier molecular flexibility index (Phi) is 9.07. The normalized spacial score (nSPS) is 21.0. The summed E-state index contributed by atoms with van der Waals surface area (Å²) in [6, 6.07) is 16.7. The second kappa shape index (κ2) is 13.1. The first-order valence-electron chi connectivity index (χ1n) is 16.1. The minimum absolute atomic E-state index is 0.0651. The standard InChI is InChI=1S/C35H40N6O5S/c1-4-46-33-29(11-8-16-37-33)35(23-31(42)40-21-19-39(20-22-40)27-14-17-38(3)18-15-27)32-25(2)26(24-36)12-13-30(32)41(34(35)43)47(44,45)28-9-6-5-7-10-28/h5-13,16,27H,4,14-15,17-23H2,1-3H3.